The van der Waals surface area contributed by atoms with Gasteiger partial charge in [0, 0.05) is 6.20 Å². The Balaban J connectivity index is 1.96. The number of ether oxygens (including phenoxy) is 2. The normalized spacial score (nSPS) is 10.9. The SMILES string of the molecule is COc1ccc(/C=N\n2c(-c3ccccn3)n[nH]c2=S)cc1OC. The molecule has 0 aliphatic heterocycles. The fourth-order valence-electron chi connectivity index (χ4n) is 2.12. The van der Waals surface area contributed by atoms with Crippen molar-refractivity contribution in [2.45, 2.75) is 0 Å². The van der Waals surface area contributed by atoms with Crippen molar-refractivity contribution in [3.8, 4) is 23.0 Å². The number of H-pyrrole nitrogens is 1. The lowest BCUT2D eigenvalue weighted by Gasteiger charge is -2.07. The first kappa shape index (κ1) is 15.9. The molecule has 0 radical (unpaired) electrons. The van der Waals surface area contributed by atoms with Crippen LogP contribution in [0.1, 0.15) is 5.56 Å². The molecule has 0 aliphatic carbocycles. The molecule has 8 heteroatoms. The molecule has 0 fully saturated rings. The Bertz CT molecular complexity index is 918. The minimum atomic E-state index is 0.382. The molecule has 0 atom stereocenters. The Hall–Kier alpha value is -3.00. The van der Waals surface area contributed by atoms with Crippen LogP contribution < -0.4 is 9.47 Å². The first-order chi connectivity index (χ1) is 11.7. The number of methoxy groups -OCH3 is 2. The van der Waals surface area contributed by atoms with Gasteiger partial charge in [-0.2, -0.15) is 14.9 Å². The summed E-state index contributed by atoms with van der Waals surface area (Å²) in [5.74, 6) is 1.82. The summed E-state index contributed by atoms with van der Waals surface area (Å²) in [4.78, 5) is 4.27. The molecule has 122 valence electrons. The number of rotatable bonds is 5. The lowest BCUT2D eigenvalue weighted by Crippen LogP contribution is -1.97. The first-order valence-corrected chi connectivity index (χ1v) is 7.49. The zero-order valence-electron chi connectivity index (χ0n) is 13.1. The summed E-state index contributed by atoms with van der Waals surface area (Å²) >= 11 is 5.24. The highest BCUT2D eigenvalue weighted by atomic mass is 32.1. The summed E-state index contributed by atoms with van der Waals surface area (Å²) in [5.41, 5.74) is 1.51. The fraction of sp³-hybridized carbons (Fsp3) is 0.125. The van der Waals surface area contributed by atoms with Crippen LogP contribution in [0.2, 0.25) is 0 Å². The van der Waals surface area contributed by atoms with Crippen LogP contribution in [0.15, 0.2) is 47.7 Å². The molecular formula is C16H15N5O2S. The van der Waals surface area contributed by atoms with E-state index in [4.69, 9.17) is 21.7 Å². The highest BCUT2D eigenvalue weighted by Crippen LogP contribution is 2.27. The van der Waals surface area contributed by atoms with Gasteiger partial charge in [-0.25, -0.2) is 5.10 Å². The molecule has 0 spiro atoms. The number of nitrogens with one attached hydrogen (secondary N) is 1. The maximum absolute atomic E-state index is 5.29. The number of benzene rings is 1. The van der Waals surface area contributed by atoms with Gasteiger partial charge in [0.15, 0.2) is 11.5 Å². The van der Waals surface area contributed by atoms with E-state index in [1.54, 1.807) is 26.6 Å². The number of hydrogen-bond donors (Lipinski definition) is 1. The number of aromatic nitrogens is 4. The first-order valence-electron chi connectivity index (χ1n) is 7.08. The van der Waals surface area contributed by atoms with Crippen molar-refractivity contribution in [1.29, 1.82) is 0 Å². The smallest absolute Gasteiger partial charge is 0.216 e. The van der Waals surface area contributed by atoms with Gasteiger partial charge in [0.05, 0.1) is 20.4 Å². The van der Waals surface area contributed by atoms with Crippen molar-refractivity contribution < 1.29 is 9.47 Å². The van der Waals surface area contributed by atoms with Crippen molar-refractivity contribution in [2.24, 2.45) is 5.10 Å². The van der Waals surface area contributed by atoms with E-state index in [0.717, 1.165) is 5.56 Å². The van der Waals surface area contributed by atoms with Crippen LogP contribution in [-0.4, -0.2) is 40.3 Å². The Morgan fingerprint density at radius 2 is 2.00 bits per heavy atom. The van der Waals surface area contributed by atoms with Gasteiger partial charge in [0.25, 0.3) is 0 Å². The predicted octanol–water partition coefficient (Wildman–Crippen LogP) is 2.90. The summed E-state index contributed by atoms with van der Waals surface area (Å²) in [6.45, 7) is 0. The van der Waals surface area contributed by atoms with Gasteiger partial charge in [0.1, 0.15) is 5.69 Å². The van der Waals surface area contributed by atoms with E-state index < -0.39 is 0 Å². The minimum absolute atomic E-state index is 0.382. The number of pyridine rings is 1. The van der Waals surface area contributed by atoms with E-state index in [2.05, 4.69) is 20.3 Å². The Morgan fingerprint density at radius 3 is 2.71 bits per heavy atom. The monoisotopic (exact) mass is 341 g/mol. The lowest BCUT2D eigenvalue weighted by atomic mass is 10.2. The Morgan fingerprint density at radius 1 is 1.17 bits per heavy atom. The van der Waals surface area contributed by atoms with Gasteiger partial charge in [-0.15, -0.1) is 0 Å². The zero-order chi connectivity index (χ0) is 16.9. The van der Waals surface area contributed by atoms with E-state index in [1.807, 2.05) is 36.4 Å². The highest BCUT2D eigenvalue weighted by Gasteiger charge is 2.09. The lowest BCUT2D eigenvalue weighted by molar-refractivity contribution is 0.355. The van der Waals surface area contributed by atoms with Crippen molar-refractivity contribution in [3.63, 3.8) is 0 Å². The van der Waals surface area contributed by atoms with Crippen LogP contribution in [-0.2, 0) is 0 Å². The Labute approximate surface area is 143 Å². The van der Waals surface area contributed by atoms with Crippen LogP contribution in [0.3, 0.4) is 0 Å². The number of hydrogen-bond acceptors (Lipinski definition) is 6. The van der Waals surface area contributed by atoms with Crippen molar-refractivity contribution in [1.82, 2.24) is 19.9 Å². The third kappa shape index (κ3) is 3.18. The molecular weight excluding hydrogens is 326 g/mol. The second-order valence-corrected chi connectivity index (χ2v) is 5.12. The average Bonchev–Trinajstić information content (AvgIpc) is 3.01. The zero-order valence-corrected chi connectivity index (χ0v) is 13.9. The minimum Gasteiger partial charge on any atom is -0.493 e. The standard InChI is InChI=1S/C16H15N5O2S/c1-22-13-7-6-11(9-14(13)23-2)10-18-21-15(19-20-16(21)24)12-5-3-4-8-17-12/h3-10H,1-2H3,(H,20,24)/b18-10-. The molecule has 2 aromatic heterocycles. The van der Waals surface area contributed by atoms with Gasteiger partial charge >= 0.3 is 0 Å². The molecule has 2 heterocycles. The van der Waals surface area contributed by atoms with E-state index in [9.17, 15) is 0 Å². The van der Waals surface area contributed by atoms with Crippen molar-refractivity contribution >= 4 is 18.4 Å². The largest absolute Gasteiger partial charge is 0.493 e. The van der Waals surface area contributed by atoms with Gasteiger partial charge in [-0.05, 0) is 48.1 Å². The van der Waals surface area contributed by atoms with E-state index in [0.29, 0.717) is 27.8 Å². The molecule has 0 amide bonds. The fourth-order valence-corrected chi connectivity index (χ4v) is 2.30. The third-order valence-electron chi connectivity index (χ3n) is 3.27. The summed E-state index contributed by atoms with van der Waals surface area (Å²) in [6.07, 6.45) is 3.36. The van der Waals surface area contributed by atoms with Gasteiger partial charge in [-0.1, -0.05) is 6.07 Å². The molecule has 3 aromatic rings. The topological polar surface area (TPSA) is 77.3 Å². The van der Waals surface area contributed by atoms with Crippen molar-refractivity contribution in [2.75, 3.05) is 14.2 Å². The highest BCUT2D eigenvalue weighted by molar-refractivity contribution is 7.71. The van der Waals surface area contributed by atoms with Crippen molar-refractivity contribution in [3.05, 3.63) is 52.9 Å². The molecule has 1 N–H and O–H groups in total. The summed E-state index contributed by atoms with van der Waals surface area (Å²) in [5, 5.41) is 11.3. The van der Waals surface area contributed by atoms with Gasteiger partial charge < -0.3 is 9.47 Å². The summed E-state index contributed by atoms with van der Waals surface area (Å²) < 4.78 is 12.4. The predicted molar refractivity (Wildman–Crippen MR) is 93.2 cm³/mol. The van der Waals surface area contributed by atoms with E-state index >= 15 is 0 Å². The second-order valence-electron chi connectivity index (χ2n) is 4.74. The number of nitrogens with zero attached hydrogens (tertiary/aromatic N) is 4. The molecule has 0 unspecified atom stereocenters. The number of aromatic amines is 1. The van der Waals surface area contributed by atoms with Gasteiger partial charge in [-0.3, -0.25) is 4.98 Å². The van der Waals surface area contributed by atoms with Crippen LogP contribution in [0.4, 0.5) is 0 Å². The van der Waals surface area contributed by atoms with Crippen LogP contribution >= 0.6 is 12.2 Å². The summed E-state index contributed by atoms with van der Waals surface area (Å²) in [6, 6.07) is 11.1. The maximum Gasteiger partial charge on any atom is 0.216 e. The van der Waals surface area contributed by atoms with Crippen LogP contribution in [0, 0.1) is 4.77 Å². The summed E-state index contributed by atoms with van der Waals surface area (Å²) in [7, 11) is 3.18. The second kappa shape index (κ2) is 7.05. The average molecular weight is 341 g/mol. The van der Waals surface area contributed by atoms with E-state index in [1.165, 1.54) is 4.68 Å². The van der Waals surface area contributed by atoms with Gasteiger partial charge in [0.2, 0.25) is 10.6 Å². The quantitative estimate of drug-likeness (QED) is 0.570. The molecule has 3 rings (SSSR count). The third-order valence-corrected chi connectivity index (χ3v) is 3.54. The molecule has 0 saturated carbocycles. The molecule has 0 bridgehead atoms. The molecule has 0 aliphatic rings. The van der Waals surface area contributed by atoms with Crippen LogP contribution in [0.5, 0.6) is 11.5 Å². The molecule has 24 heavy (non-hydrogen) atoms. The Kier molecular flexibility index (Phi) is 4.66. The molecule has 0 saturated heterocycles. The molecule has 7 nitrogen and oxygen atoms in total. The van der Waals surface area contributed by atoms with Crippen LogP contribution in [0.25, 0.3) is 11.5 Å². The maximum atomic E-state index is 5.29. The molecule has 1 aromatic carbocycles. The van der Waals surface area contributed by atoms with E-state index in [-0.39, 0.29) is 0 Å².